The number of thiophene rings is 1. The molecule has 15 heavy (non-hydrogen) atoms. The summed E-state index contributed by atoms with van der Waals surface area (Å²) in [4.78, 5) is 15.4. The molecule has 0 saturated heterocycles. The Labute approximate surface area is 102 Å². The Morgan fingerprint density at radius 3 is 3.00 bits per heavy atom. The Morgan fingerprint density at radius 1 is 1.60 bits per heavy atom. The van der Waals surface area contributed by atoms with Crippen molar-refractivity contribution in [2.24, 2.45) is 0 Å². The van der Waals surface area contributed by atoms with Crippen molar-refractivity contribution in [3.05, 3.63) is 21.9 Å². The standard InChI is InChI=1S/C11H14BrNOS/c1-11(2,12)10(14)13-5-3-9-8(7-13)4-6-15-9/h4,6H,3,5,7H2,1-2H3. The SMILES string of the molecule is CC(C)(Br)C(=O)N1CCc2sccc2C1. The lowest BCUT2D eigenvalue weighted by Gasteiger charge is -2.31. The number of fused-ring (bicyclic) bond motifs is 1. The normalized spacial score (nSPS) is 16.3. The molecule has 0 N–H and O–H groups in total. The zero-order valence-corrected chi connectivity index (χ0v) is 11.3. The minimum atomic E-state index is -0.444. The molecule has 0 unspecified atom stereocenters. The van der Waals surface area contributed by atoms with Gasteiger partial charge in [0.1, 0.15) is 0 Å². The molecule has 1 aromatic heterocycles. The summed E-state index contributed by atoms with van der Waals surface area (Å²) in [5, 5.41) is 2.11. The first-order valence-corrected chi connectivity index (χ1v) is 6.69. The molecule has 0 radical (unpaired) electrons. The number of amides is 1. The molecule has 0 fully saturated rings. The van der Waals surface area contributed by atoms with Crippen LogP contribution in [0.15, 0.2) is 11.4 Å². The van der Waals surface area contributed by atoms with E-state index in [0.717, 1.165) is 19.5 Å². The van der Waals surface area contributed by atoms with Gasteiger partial charge in [0.2, 0.25) is 5.91 Å². The van der Waals surface area contributed by atoms with Crippen molar-refractivity contribution in [2.75, 3.05) is 6.54 Å². The largest absolute Gasteiger partial charge is 0.337 e. The van der Waals surface area contributed by atoms with Gasteiger partial charge in [0.25, 0.3) is 0 Å². The molecule has 0 saturated carbocycles. The fraction of sp³-hybridized carbons (Fsp3) is 0.545. The number of hydrogen-bond donors (Lipinski definition) is 0. The second kappa shape index (κ2) is 3.91. The molecular weight excluding hydrogens is 274 g/mol. The highest BCUT2D eigenvalue weighted by Gasteiger charge is 2.31. The van der Waals surface area contributed by atoms with Crippen LogP contribution in [-0.2, 0) is 17.8 Å². The molecule has 2 heterocycles. The molecule has 4 heteroatoms. The molecule has 2 nitrogen and oxygen atoms in total. The summed E-state index contributed by atoms with van der Waals surface area (Å²) in [6.45, 7) is 5.42. The van der Waals surface area contributed by atoms with Crippen LogP contribution in [0, 0.1) is 0 Å². The van der Waals surface area contributed by atoms with Gasteiger partial charge in [0, 0.05) is 18.0 Å². The van der Waals surface area contributed by atoms with Gasteiger partial charge < -0.3 is 4.90 Å². The van der Waals surface area contributed by atoms with Gasteiger partial charge in [-0.15, -0.1) is 11.3 Å². The van der Waals surface area contributed by atoms with Crippen molar-refractivity contribution in [2.45, 2.75) is 31.1 Å². The molecule has 1 aliphatic rings. The first kappa shape index (κ1) is 11.1. The predicted molar refractivity (Wildman–Crippen MR) is 66.4 cm³/mol. The van der Waals surface area contributed by atoms with Gasteiger partial charge in [-0.1, -0.05) is 15.9 Å². The molecule has 0 aromatic carbocycles. The second-order valence-corrected chi connectivity index (χ2v) is 7.30. The van der Waals surface area contributed by atoms with Crippen molar-refractivity contribution < 1.29 is 4.79 Å². The Balaban J connectivity index is 2.14. The smallest absolute Gasteiger partial charge is 0.239 e. The molecule has 82 valence electrons. The van der Waals surface area contributed by atoms with Crippen LogP contribution in [0.5, 0.6) is 0 Å². The third-order valence-electron chi connectivity index (χ3n) is 2.60. The summed E-state index contributed by atoms with van der Waals surface area (Å²) in [5.74, 6) is 0.180. The van der Waals surface area contributed by atoms with Gasteiger partial charge in [-0.2, -0.15) is 0 Å². The number of rotatable bonds is 1. The van der Waals surface area contributed by atoms with Crippen molar-refractivity contribution in [1.29, 1.82) is 0 Å². The van der Waals surface area contributed by atoms with E-state index in [4.69, 9.17) is 0 Å². The molecule has 0 spiro atoms. The zero-order chi connectivity index (χ0) is 11.1. The minimum Gasteiger partial charge on any atom is -0.337 e. The summed E-state index contributed by atoms with van der Waals surface area (Å²) in [6, 6.07) is 2.13. The Hall–Kier alpha value is -0.350. The van der Waals surface area contributed by atoms with E-state index in [-0.39, 0.29) is 5.91 Å². The highest BCUT2D eigenvalue weighted by atomic mass is 79.9. The zero-order valence-electron chi connectivity index (χ0n) is 8.92. The topological polar surface area (TPSA) is 20.3 Å². The maximum atomic E-state index is 12.0. The number of carbonyl (C=O) groups excluding carboxylic acids is 1. The lowest BCUT2D eigenvalue weighted by Crippen LogP contribution is -2.43. The van der Waals surface area contributed by atoms with Crippen LogP contribution >= 0.6 is 27.3 Å². The molecule has 1 amide bonds. The van der Waals surface area contributed by atoms with Crippen molar-refractivity contribution >= 4 is 33.2 Å². The minimum absolute atomic E-state index is 0.180. The quantitative estimate of drug-likeness (QED) is 0.728. The van der Waals surface area contributed by atoms with E-state index in [1.54, 1.807) is 11.3 Å². The van der Waals surface area contributed by atoms with Crippen LogP contribution in [0.4, 0.5) is 0 Å². The second-order valence-electron chi connectivity index (χ2n) is 4.32. The van der Waals surface area contributed by atoms with Crippen molar-refractivity contribution in [3.63, 3.8) is 0 Å². The van der Waals surface area contributed by atoms with Gasteiger partial charge in [0.15, 0.2) is 0 Å². The van der Waals surface area contributed by atoms with E-state index in [9.17, 15) is 4.79 Å². The Morgan fingerprint density at radius 2 is 2.33 bits per heavy atom. The van der Waals surface area contributed by atoms with E-state index in [2.05, 4.69) is 27.4 Å². The first-order valence-electron chi connectivity index (χ1n) is 5.02. The van der Waals surface area contributed by atoms with E-state index in [0.29, 0.717) is 0 Å². The summed E-state index contributed by atoms with van der Waals surface area (Å²) in [7, 11) is 0. The van der Waals surface area contributed by atoms with E-state index >= 15 is 0 Å². The van der Waals surface area contributed by atoms with Gasteiger partial charge in [0.05, 0.1) is 4.32 Å². The van der Waals surface area contributed by atoms with E-state index in [1.165, 1.54) is 10.4 Å². The third kappa shape index (κ3) is 2.26. The van der Waals surface area contributed by atoms with Gasteiger partial charge in [-0.05, 0) is 37.3 Å². The van der Waals surface area contributed by atoms with Gasteiger partial charge in [-0.3, -0.25) is 4.79 Å². The van der Waals surface area contributed by atoms with Crippen molar-refractivity contribution in [3.8, 4) is 0 Å². The van der Waals surface area contributed by atoms with Crippen LogP contribution in [0.3, 0.4) is 0 Å². The predicted octanol–water partition coefficient (Wildman–Crippen LogP) is 2.81. The first-order chi connectivity index (χ1) is 6.98. The maximum absolute atomic E-state index is 12.0. The van der Waals surface area contributed by atoms with Crippen LogP contribution in [0.25, 0.3) is 0 Å². The van der Waals surface area contributed by atoms with Crippen molar-refractivity contribution in [1.82, 2.24) is 4.90 Å². The maximum Gasteiger partial charge on any atom is 0.239 e. The van der Waals surface area contributed by atoms with Gasteiger partial charge >= 0.3 is 0 Å². The fourth-order valence-electron chi connectivity index (χ4n) is 1.80. The number of nitrogens with zero attached hydrogens (tertiary/aromatic N) is 1. The van der Waals surface area contributed by atoms with Crippen LogP contribution < -0.4 is 0 Å². The summed E-state index contributed by atoms with van der Waals surface area (Å²) in [5.41, 5.74) is 1.32. The third-order valence-corrected chi connectivity index (χ3v) is 3.97. The van der Waals surface area contributed by atoms with Crippen LogP contribution in [0.2, 0.25) is 0 Å². The number of carbonyl (C=O) groups is 1. The molecule has 1 aliphatic heterocycles. The van der Waals surface area contributed by atoms with E-state index < -0.39 is 4.32 Å². The van der Waals surface area contributed by atoms with Gasteiger partial charge in [-0.25, -0.2) is 0 Å². The van der Waals surface area contributed by atoms with Crippen LogP contribution in [0.1, 0.15) is 24.3 Å². The van der Waals surface area contributed by atoms with E-state index in [1.807, 2.05) is 18.7 Å². The molecule has 1 aromatic rings. The molecule has 0 aliphatic carbocycles. The number of halogens is 1. The average molecular weight is 288 g/mol. The fourth-order valence-corrected chi connectivity index (χ4v) is 2.94. The van der Waals surface area contributed by atoms with Crippen LogP contribution in [-0.4, -0.2) is 21.7 Å². The highest BCUT2D eigenvalue weighted by Crippen LogP contribution is 2.27. The molecular formula is C11H14BrNOS. The molecule has 0 atom stereocenters. The number of hydrogen-bond acceptors (Lipinski definition) is 2. The number of alkyl halides is 1. The monoisotopic (exact) mass is 287 g/mol. The Bertz CT molecular complexity index is 380. The highest BCUT2D eigenvalue weighted by molar-refractivity contribution is 9.10. The lowest BCUT2D eigenvalue weighted by atomic mass is 10.1. The summed E-state index contributed by atoms with van der Waals surface area (Å²) < 4.78 is -0.444. The summed E-state index contributed by atoms with van der Waals surface area (Å²) >= 11 is 5.22. The average Bonchev–Trinajstić information content (AvgIpc) is 2.61. The summed E-state index contributed by atoms with van der Waals surface area (Å²) in [6.07, 6.45) is 1.00. The lowest BCUT2D eigenvalue weighted by molar-refractivity contribution is -0.133. The molecule has 0 bridgehead atoms. The molecule has 2 rings (SSSR count). The Kier molecular flexibility index (Phi) is 2.90.